The molecule has 0 N–H and O–H groups in total. The number of carbonyl (C=O) groups is 1. The van der Waals surface area contributed by atoms with E-state index in [0.29, 0.717) is 12.8 Å². The number of halogens is 2. The van der Waals surface area contributed by atoms with Crippen molar-refractivity contribution in [1.82, 2.24) is 0 Å². The molecule has 0 unspecified atom stereocenters. The smallest absolute Gasteiger partial charge is 0.150 e. The lowest BCUT2D eigenvalue weighted by Crippen LogP contribution is -2.26. The van der Waals surface area contributed by atoms with E-state index >= 15 is 0 Å². The molecule has 1 aromatic carbocycles. The maximum absolute atomic E-state index is 13.6. The van der Waals surface area contributed by atoms with Crippen LogP contribution in [0.25, 0.3) is 0 Å². The number of anilines is 1. The molecule has 0 atom stereocenters. The highest BCUT2D eigenvalue weighted by molar-refractivity contribution is 5.76. The molecule has 0 saturated heterocycles. The van der Waals surface area contributed by atoms with E-state index in [9.17, 15) is 13.6 Å². The first-order chi connectivity index (χ1) is 8.13. The summed E-state index contributed by atoms with van der Waals surface area (Å²) in [7, 11) is 0. The normalized spacial score (nSPS) is 9.76. The summed E-state index contributed by atoms with van der Waals surface area (Å²) in [5.41, 5.74) is -0.228. The van der Waals surface area contributed by atoms with Crippen molar-refractivity contribution in [1.29, 1.82) is 5.26 Å². The Bertz CT molecular complexity index is 431. The van der Waals surface area contributed by atoms with Gasteiger partial charge in [0.1, 0.15) is 23.6 Å². The molecule has 0 aliphatic carbocycles. The van der Waals surface area contributed by atoms with Crippen LogP contribution in [-0.4, -0.2) is 19.4 Å². The highest BCUT2D eigenvalue weighted by Gasteiger charge is 2.16. The van der Waals surface area contributed by atoms with Crippen LogP contribution in [0.3, 0.4) is 0 Å². The fourth-order valence-corrected chi connectivity index (χ4v) is 1.57. The first-order valence-corrected chi connectivity index (χ1v) is 5.20. The van der Waals surface area contributed by atoms with Gasteiger partial charge in [0.25, 0.3) is 0 Å². The van der Waals surface area contributed by atoms with Gasteiger partial charge in [-0.25, -0.2) is 8.78 Å². The zero-order valence-corrected chi connectivity index (χ0v) is 9.41. The second-order valence-corrected chi connectivity index (χ2v) is 3.44. The summed E-state index contributed by atoms with van der Waals surface area (Å²) in [6, 6.07) is 3.89. The third kappa shape index (κ3) is 3.00. The maximum atomic E-state index is 13.6. The Balaban J connectivity index is 3.11. The molecule has 0 bridgehead atoms. The van der Waals surface area contributed by atoms with E-state index in [2.05, 4.69) is 0 Å². The number of nitriles is 1. The van der Waals surface area contributed by atoms with Gasteiger partial charge in [-0.15, -0.1) is 0 Å². The van der Waals surface area contributed by atoms with Crippen LogP contribution in [0.4, 0.5) is 14.5 Å². The maximum Gasteiger partial charge on any atom is 0.150 e. The number of benzene rings is 1. The molecule has 3 nitrogen and oxygen atoms in total. The van der Waals surface area contributed by atoms with Gasteiger partial charge >= 0.3 is 0 Å². The van der Waals surface area contributed by atoms with Crippen LogP contribution >= 0.6 is 0 Å². The predicted molar refractivity (Wildman–Crippen MR) is 59.9 cm³/mol. The van der Waals surface area contributed by atoms with Crippen molar-refractivity contribution in [2.75, 3.05) is 18.0 Å². The Morgan fingerprint density at radius 2 is 2.00 bits per heavy atom. The third-order valence-electron chi connectivity index (χ3n) is 2.37. The van der Waals surface area contributed by atoms with E-state index in [-0.39, 0.29) is 24.2 Å². The van der Waals surface area contributed by atoms with Crippen molar-refractivity contribution in [2.24, 2.45) is 0 Å². The largest absolute Gasteiger partial charge is 0.366 e. The zero-order valence-electron chi connectivity index (χ0n) is 9.41. The Hall–Kier alpha value is -1.96. The minimum Gasteiger partial charge on any atom is -0.366 e. The van der Waals surface area contributed by atoms with Crippen LogP contribution in [-0.2, 0) is 0 Å². The quantitative estimate of drug-likeness (QED) is 0.740. The standard InChI is InChI=1S/C12H12F2N2O/c1-2-16(5-3-4-15)12-10(13)6-9(8-17)7-11(12)14/h6-8H,2-3,5H2,1H3. The number of hydrogen-bond donors (Lipinski definition) is 0. The van der Waals surface area contributed by atoms with E-state index in [1.807, 2.05) is 6.07 Å². The lowest BCUT2D eigenvalue weighted by molar-refractivity contribution is 0.112. The third-order valence-corrected chi connectivity index (χ3v) is 2.37. The molecule has 0 saturated carbocycles. The monoisotopic (exact) mass is 238 g/mol. The van der Waals surface area contributed by atoms with Crippen molar-refractivity contribution in [2.45, 2.75) is 13.3 Å². The molecule has 1 rings (SSSR count). The SMILES string of the molecule is CCN(CCC#N)c1c(F)cc(C=O)cc1F. The number of carbonyl (C=O) groups excluding carboxylic acids is 1. The van der Waals surface area contributed by atoms with Crippen molar-refractivity contribution in [3.8, 4) is 6.07 Å². The fraction of sp³-hybridized carbons (Fsp3) is 0.333. The summed E-state index contributed by atoms with van der Waals surface area (Å²) in [5.74, 6) is -1.57. The highest BCUT2D eigenvalue weighted by Crippen LogP contribution is 2.24. The average Bonchev–Trinajstić information content (AvgIpc) is 2.32. The summed E-state index contributed by atoms with van der Waals surface area (Å²) < 4.78 is 27.3. The van der Waals surface area contributed by atoms with Crippen LogP contribution in [0.2, 0.25) is 0 Å². The Morgan fingerprint density at radius 1 is 1.41 bits per heavy atom. The van der Waals surface area contributed by atoms with Gasteiger partial charge in [-0.1, -0.05) is 0 Å². The summed E-state index contributed by atoms with van der Waals surface area (Å²) in [5, 5.41) is 8.47. The van der Waals surface area contributed by atoms with Crippen molar-refractivity contribution < 1.29 is 13.6 Å². The molecule has 0 aliphatic rings. The first-order valence-electron chi connectivity index (χ1n) is 5.20. The highest BCUT2D eigenvalue weighted by atomic mass is 19.1. The molecule has 5 heteroatoms. The summed E-state index contributed by atoms with van der Waals surface area (Å²) in [4.78, 5) is 11.9. The summed E-state index contributed by atoms with van der Waals surface area (Å²) in [6.07, 6.45) is 0.573. The number of rotatable bonds is 5. The van der Waals surface area contributed by atoms with Gasteiger partial charge in [0.2, 0.25) is 0 Å². The van der Waals surface area contributed by atoms with Gasteiger partial charge in [-0.05, 0) is 19.1 Å². The van der Waals surface area contributed by atoms with E-state index < -0.39 is 11.6 Å². The van der Waals surface area contributed by atoms with Crippen LogP contribution in [0.5, 0.6) is 0 Å². The van der Waals surface area contributed by atoms with Crippen LogP contribution in [0.1, 0.15) is 23.7 Å². The van der Waals surface area contributed by atoms with Crippen LogP contribution in [0, 0.1) is 23.0 Å². The van der Waals surface area contributed by atoms with Gasteiger partial charge < -0.3 is 4.90 Å². The molecule has 0 radical (unpaired) electrons. The van der Waals surface area contributed by atoms with Crippen molar-refractivity contribution >= 4 is 12.0 Å². The van der Waals surface area contributed by atoms with Gasteiger partial charge in [-0.3, -0.25) is 4.79 Å². The van der Waals surface area contributed by atoms with Gasteiger partial charge in [0.05, 0.1) is 12.5 Å². The van der Waals surface area contributed by atoms with E-state index in [0.717, 1.165) is 12.1 Å². The molecule has 17 heavy (non-hydrogen) atoms. The first kappa shape index (κ1) is 13.1. The van der Waals surface area contributed by atoms with Gasteiger partial charge in [0, 0.05) is 18.7 Å². The molecule has 0 aromatic heterocycles. The second kappa shape index (κ2) is 5.94. The Labute approximate surface area is 98.3 Å². The number of hydrogen-bond acceptors (Lipinski definition) is 3. The minimum atomic E-state index is -0.785. The van der Waals surface area contributed by atoms with Crippen LogP contribution < -0.4 is 4.90 Å². The molecule has 0 spiro atoms. The Kier molecular flexibility index (Phi) is 4.58. The van der Waals surface area contributed by atoms with E-state index in [4.69, 9.17) is 5.26 Å². The minimum absolute atomic E-state index is 0.0416. The van der Waals surface area contributed by atoms with Crippen molar-refractivity contribution in [3.63, 3.8) is 0 Å². The van der Waals surface area contributed by atoms with Crippen LogP contribution in [0.15, 0.2) is 12.1 Å². The molecule has 0 amide bonds. The molecule has 0 fully saturated rings. The number of nitrogens with zero attached hydrogens (tertiary/aromatic N) is 2. The molecule has 1 aromatic rings. The molecular weight excluding hydrogens is 226 g/mol. The summed E-state index contributed by atoms with van der Waals surface area (Å²) in [6.45, 7) is 2.38. The van der Waals surface area contributed by atoms with E-state index in [1.165, 1.54) is 4.90 Å². The van der Waals surface area contributed by atoms with Gasteiger partial charge in [0.15, 0.2) is 0 Å². The molecule has 0 aliphatic heterocycles. The van der Waals surface area contributed by atoms with Crippen molar-refractivity contribution in [3.05, 3.63) is 29.3 Å². The number of aldehydes is 1. The summed E-state index contributed by atoms with van der Waals surface area (Å²) >= 11 is 0. The molecule has 90 valence electrons. The Morgan fingerprint density at radius 3 is 2.41 bits per heavy atom. The lowest BCUT2D eigenvalue weighted by atomic mass is 10.2. The molecular formula is C12H12F2N2O. The fourth-order valence-electron chi connectivity index (χ4n) is 1.57. The second-order valence-electron chi connectivity index (χ2n) is 3.44. The van der Waals surface area contributed by atoms with E-state index in [1.54, 1.807) is 6.92 Å². The lowest BCUT2D eigenvalue weighted by Gasteiger charge is -2.23. The van der Waals surface area contributed by atoms with Gasteiger partial charge in [-0.2, -0.15) is 5.26 Å². The molecule has 0 heterocycles. The zero-order chi connectivity index (χ0) is 12.8. The average molecular weight is 238 g/mol. The topological polar surface area (TPSA) is 44.1 Å². The predicted octanol–water partition coefficient (Wildman–Crippen LogP) is 2.52.